The zero-order chi connectivity index (χ0) is 21.8. The Labute approximate surface area is 188 Å². The van der Waals surface area contributed by atoms with Crippen LogP contribution in [0.25, 0.3) is 0 Å². The first-order valence-electron chi connectivity index (χ1n) is 13.2. The zero-order valence-corrected chi connectivity index (χ0v) is 19.7. The van der Waals surface area contributed by atoms with E-state index in [4.69, 9.17) is 4.74 Å². The molecule has 1 aliphatic heterocycles. The van der Waals surface area contributed by atoms with Gasteiger partial charge in [-0.15, -0.1) is 0 Å². The van der Waals surface area contributed by atoms with Crippen molar-refractivity contribution in [3.8, 4) is 0 Å². The van der Waals surface area contributed by atoms with E-state index >= 15 is 0 Å². The summed E-state index contributed by atoms with van der Waals surface area (Å²) < 4.78 is 35.5. The van der Waals surface area contributed by atoms with Crippen molar-refractivity contribution < 1.29 is 13.5 Å². The number of benzene rings is 1. The number of ether oxygens (including phenoxy) is 1. The minimum Gasteiger partial charge on any atom is -0.375 e. The molecule has 0 spiro atoms. The molecule has 31 heavy (non-hydrogen) atoms. The van der Waals surface area contributed by atoms with Crippen LogP contribution < -0.4 is 0 Å². The van der Waals surface area contributed by atoms with Crippen molar-refractivity contribution in [3.63, 3.8) is 0 Å². The summed E-state index contributed by atoms with van der Waals surface area (Å²) in [4.78, 5) is 0. The molecule has 174 valence electrons. The first-order chi connectivity index (χ1) is 15.1. The van der Waals surface area contributed by atoms with Gasteiger partial charge in [0.2, 0.25) is 0 Å². The summed E-state index contributed by atoms with van der Waals surface area (Å²) >= 11 is 0. The van der Waals surface area contributed by atoms with Crippen LogP contribution in [0.3, 0.4) is 0 Å². The number of hydrogen-bond donors (Lipinski definition) is 0. The van der Waals surface area contributed by atoms with Crippen LogP contribution >= 0.6 is 0 Å². The van der Waals surface area contributed by atoms with E-state index in [0.29, 0.717) is 29.8 Å². The summed E-state index contributed by atoms with van der Waals surface area (Å²) in [6, 6.07) is 3.69. The van der Waals surface area contributed by atoms with E-state index in [1.165, 1.54) is 64.2 Å². The Balaban J connectivity index is 1.25. The van der Waals surface area contributed by atoms with Gasteiger partial charge in [0.1, 0.15) is 0 Å². The van der Waals surface area contributed by atoms with Gasteiger partial charge in [-0.1, -0.05) is 38.8 Å². The number of hydrogen-bond acceptors (Lipinski definition) is 1. The molecule has 2 saturated carbocycles. The van der Waals surface area contributed by atoms with Gasteiger partial charge >= 0.3 is 0 Å². The SMILES string of the molecule is CCCc1ccc(C2CCC(C3CCC(C4CCC(CCC)O4)CC3)CC2)c(F)c1F. The Morgan fingerprint density at radius 3 is 2.03 bits per heavy atom. The molecule has 2 aliphatic carbocycles. The second kappa shape index (κ2) is 10.8. The standard InChI is InChI=1S/C28H42F2O/c1-3-5-23-15-17-25(28(30)27(23)29)21-11-7-19(8-12-21)20-9-13-22(14-10-20)26-18-16-24(31-26)6-4-2/h15,17,19-22,24,26H,3-14,16,18H2,1-2H3. The van der Waals surface area contributed by atoms with Crippen molar-refractivity contribution in [1.29, 1.82) is 0 Å². The molecular weight excluding hydrogens is 390 g/mol. The van der Waals surface area contributed by atoms with E-state index in [0.717, 1.165) is 37.0 Å². The predicted octanol–water partition coefficient (Wildman–Crippen LogP) is 8.35. The van der Waals surface area contributed by atoms with Crippen LogP contribution in [0.1, 0.15) is 114 Å². The summed E-state index contributed by atoms with van der Waals surface area (Å²) in [7, 11) is 0. The molecule has 1 aromatic rings. The molecule has 1 nitrogen and oxygen atoms in total. The highest BCUT2D eigenvalue weighted by molar-refractivity contribution is 5.29. The van der Waals surface area contributed by atoms with Crippen molar-refractivity contribution in [2.24, 2.45) is 17.8 Å². The predicted molar refractivity (Wildman–Crippen MR) is 123 cm³/mol. The lowest BCUT2D eigenvalue weighted by molar-refractivity contribution is -0.0111. The van der Waals surface area contributed by atoms with Crippen LogP contribution in [0.5, 0.6) is 0 Å². The third-order valence-corrected chi connectivity index (χ3v) is 8.68. The molecule has 0 amide bonds. The first kappa shape index (κ1) is 23.2. The minimum atomic E-state index is -0.602. The fourth-order valence-corrected chi connectivity index (χ4v) is 6.89. The minimum absolute atomic E-state index is 0.195. The highest BCUT2D eigenvalue weighted by Gasteiger charge is 2.37. The third kappa shape index (κ3) is 5.34. The van der Waals surface area contributed by atoms with Crippen molar-refractivity contribution >= 4 is 0 Å². The molecule has 0 bridgehead atoms. The summed E-state index contributed by atoms with van der Waals surface area (Å²) in [6.45, 7) is 4.26. The summed E-state index contributed by atoms with van der Waals surface area (Å²) in [5.74, 6) is 1.40. The molecule has 2 atom stereocenters. The summed E-state index contributed by atoms with van der Waals surface area (Å²) in [6.07, 6.45) is 17.2. The topological polar surface area (TPSA) is 9.23 Å². The fraction of sp³-hybridized carbons (Fsp3) is 0.786. The van der Waals surface area contributed by atoms with E-state index < -0.39 is 11.6 Å². The molecule has 3 heteroatoms. The van der Waals surface area contributed by atoms with Crippen molar-refractivity contribution in [3.05, 3.63) is 34.9 Å². The lowest BCUT2D eigenvalue weighted by atomic mass is 9.67. The van der Waals surface area contributed by atoms with E-state index in [9.17, 15) is 8.78 Å². The van der Waals surface area contributed by atoms with E-state index in [2.05, 4.69) is 6.92 Å². The maximum atomic E-state index is 14.7. The molecule has 4 rings (SSSR count). The smallest absolute Gasteiger partial charge is 0.162 e. The average molecular weight is 433 g/mol. The molecule has 2 unspecified atom stereocenters. The quantitative estimate of drug-likeness (QED) is 0.421. The van der Waals surface area contributed by atoms with Gasteiger partial charge in [0.25, 0.3) is 0 Å². The molecule has 3 aliphatic rings. The molecule has 0 N–H and O–H groups in total. The van der Waals surface area contributed by atoms with Crippen molar-refractivity contribution in [2.45, 2.75) is 122 Å². The maximum Gasteiger partial charge on any atom is 0.162 e. The highest BCUT2D eigenvalue weighted by atomic mass is 19.2. The summed E-state index contributed by atoms with van der Waals surface area (Å²) in [5.41, 5.74) is 1.15. The fourth-order valence-electron chi connectivity index (χ4n) is 6.89. The van der Waals surface area contributed by atoms with Gasteiger partial charge < -0.3 is 4.74 Å². The lowest BCUT2D eigenvalue weighted by Gasteiger charge is -2.39. The Morgan fingerprint density at radius 1 is 0.742 bits per heavy atom. The Hall–Kier alpha value is -0.960. The van der Waals surface area contributed by atoms with Crippen LogP contribution in [0.15, 0.2) is 12.1 Å². The van der Waals surface area contributed by atoms with Gasteiger partial charge in [0.15, 0.2) is 11.6 Å². The van der Waals surface area contributed by atoms with Crippen LogP contribution in [0.2, 0.25) is 0 Å². The Bertz CT molecular complexity index is 701. The lowest BCUT2D eigenvalue weighted by Crippen LogP contribution is -2.30. The van der Waals surface area contributed by atoms with E-state index in [-0.39, 0.29) is 5.92 Å². The molecule has 0 radical (unpaired) electrons. The molecule has 0 aromatic heterocycles. The van der Waals surface area contributed by atoms with Crippen molar-refractivity contribution in [2.75, 3.05) is 0 Å². The maximum absolute atomic E-state index is 14.7. The van der Waals surface area contributed by atoms with Crippen molar-refractivity contribution in [1.82, 2.24) is 0 Å². The van der Waals surface area contributed by atoms with Gasteiger partial charge in [-0.25, -0.2) is 8.78 Å². The molecule has 1 aromatic carbocycles. The largest absolute Gasteiger partial charge is 0.375 e. The van der Waals surface area contributed by atoms with Crippen LogP contribution in [0, 0.1) is 29.4 Å². The zero-order valence-electron chi connectivity index (χ0n) is 19.7. The Morgan fingerprint density at radius 2 is 1.39 bits per heavy atom. The van der Waals surface area contributed by atoms with Gasteiger partial charge in [-0.05, 0) is 112 Å². The molecule has 3 fully saturated rings. The number of halogens is 2. The van der Waals surface area contributed by atoms with Gasteiger partial charge in [0.05, 0.1) is 12.2 Å². The van der Waals surface area contributed by atoms with E-state index in [1.807, 2.05) is 19.1 Å². The second-order valence-electron chi connectivity index (χ2n) is 10.6. The first-order valence-corrected chi connectivity index (χ1v) is 13.2. The summed E-state index contributed by atoms with van der Waals surface area (Å²) in [5, 5.41) is 0. The van der Waals surface area contributed by atoms with Crippen LogP contribution in [0.4, 0.5) is 8.78 Å². The van der Waals surface area contributed by atoms with Gasteiger partial charge in [-0.3, -0.25) is 0 Å². The van der Waals surface area contributed by atoms with E-state index in [1.54, 1.807) is 0 Å². The highest BCUT2D eigenvalue weighted by Crippen LogP contribution is 2.46. The molecule has 1 heterocycles. The third-order valence-electron chi connectivity index (χ3n) is 8.68. The molecular formula is C28H42F2O. The number of rotatable bonds is 7. The van der Waals surface area contributed by atoms with Crippen LogP contribution in [-0.2, 0) is 11.2 Å². The van der Waals surface area contributed by atoms with Crippen LogP contribution in [-0.4, -0.2) is 12.2 Å². The van der Waals surface area contributed by atoms with Gasteiger partial charge in [0, 0.05) is 0 Å². The Kier molecular flexibility index (Phi) is 8.06. The number of aryl methyl sites for hydroxylation is 1. The second-order valence-corrected chi connectivity index (χ2v) is 10.6. The molecule has 1 saturated heterocycles. The monoisotopic (exact) mass is 432 g/mol. The normalized spacial score (nSPS) is 34.2. The van der Waals surface area contributed by atoms with Gasteiger partial charge in [-0.2, -0.15) is 0 Å². The average Bonchev–Trinajstić information content (AvgIpc) is 3.26.